The minimum absolute atomic E-state index is 0.0288. The van der Waals surface area contributed by atoms with Crippen LogP contribution < -0.4 is 0 Å². The zero-order valence-electron chi connectivity index (χ0n) is 14.0. The van der Waals surface area contributed by atoms with Crippen molar-refractivity contribution < 1.29 is 13.5 Å². The molecule has 23 heavy (non-hydrogen) atoms. The highest BCUT2D eigenvalue weighted by Crippen LogP contribution is 2.18. The van der Waals surface area contributed by atoms with E-state index in [4.69, 9.17) is 4.74 Å². The Hall–Kier alpha value is -2.43. The van der Waals surface area contributed by atoms with Crippen LogP contribution in [0.25, 0.3) is 0 Å². The van der Waals surface area contributed by atoms with Gasteiger partial charge in [0.25, 0.3) is 0 Å². The van der Waals surface area contributed by atoms with Crippen LogP contribution in [0.3, 0.4) is 0 Å². The van der Waals surface area contributed by atoms with E-state index in [1.165, 1.54) is 0 Å². The minimum atomic E-state index is -0.743. The number of halogens is 2. The van der Waals surface area contributed by atoms with Gasteiger partial charge in [0.2, 0.25) is 0 Å². The molecule has 1 heterocycles. The Morgan fingerprint density at radius 2 is 2.00 bits per heavy atom. The second-order valence-electron chi connectivity index (χ2n) is 5.10. The molecule has 0 aliphatic carbocycles. The van der Waals surface area contributed by atoms with Crippen molar-refractivity contribution in [2.45, 2.75) is 27.4 Å². The maximum Gasteiger partial charge on any atom is 0.151 e. The summed E-state index contributed by atoms with van der Waals surface area (Å²) in [6.45, 7) is 13.5. The molecule has 1 rings (SSSR count). The van der Waals surface area contributed by atoms with Crippen molar-refractivity contribution in [2.24, 2.45) is 0 Å². The average molecular weight is 320 g/mol. The summed E-state index contributed by atoms with van der Waals surface area (Å²) in [6, 6.07) is 0.771. The fraction of sp³-hybridized carbons (Fsp3) is 0.278. The lowest BCUT2D eigenvalue weighted by Crippen LogP contribution is -2.15. The fourth-order valence-electron chi connectivity index (χ4n) is 1.73. The van der Waals surface area contributed by atoms with Crippen LogP contribution in [0.2, 0.25) is 0 Å². The third-order valence-electron chi connectivity index (χ3n) is 3.47. The third-order valence-corrected chi connectivity index (χ3v) is 3.47. The summed E-state index contributed by atoms with van der Waals surface area (Å²) in [4.78, 5) is 5.56. The summed E-state index contributed by atoms with van der Waals surface area (Å²) < 4.78 is 31.6. The molecule has 0 bridgehead atoms. The lowest BCUT2D eigenvalue weighted by Gasteiger charge is -2.23. The molecule has 124 valence electrons. The molecule has 0 fully saturated rings. The van der Waals surface area contributed by atoms with Gasteiger partial charge in [0, 0.05) is 24.5 Å². The van der Waals surface area contributed by atoms with Gasteiger partial charge in [0.15, 0.2) is 5.82 Å². The fourth-order valence-corrected chi connectivity index (χ4v) is 1.73. The van der Waals surface area contributed by atoms with Crippen LogP contribution in [0, 0.1) is 11.6 Å². The number of hydrogen-bond donors (Lipinski definition) is 0. The number of allylic oxidation sites excluding steroid dienone is 4. The Morgan fingerprint density at radius 3 is 2.57 bits per heavy atom. The Balaban J connectivity index is 2.69. The first kappa shape index (κ1) is 18.6. The Labute approximate surface area is 136 Å². The monoisotopic (exact) mass is 320 g/mol. The van der Waals surface area contributed by atoms with Crippen molar-refractivity contribution in [1.29, 1.82) is 0 Å². The van der Waals surface area contributed by atoms with Crippen molar-refractivity contribution in [1.82, 2.24) is 9.88 Å². The van der Waals surface area contributed by atoms with Gasteiger partial charge in [0.05, 0.1) is 6.20 Å². The number of pyridine rings is 1. The largest absolute Gasteiger partial charge is 0.488 e. The molecule has 0 aliphatic heterocycles. The quantitative estimate of drug-likeness (QED) is 0.537. The maximum absolute atomic E-state index is 13.5. The summed E-state index contributed by atoms with van der Waals surface area (Å²) >= 11 is 0. The molecule has 1 aromatic rings. The Morgan fingerprint density at radius 1 is 1.35 bits per heavy atom. The lowest BCUT2D eigenvalue weighted by atomic mass is 10.2. The van der Waals surface area contributed by atoms with E-state index in [2.05, 4.69) is 18.1 Å². The first-order valence-corrected chi connectivity index (χ1v) is 7.12. The molecule has 0 saturated heterocycles. The van der Waals surface area contributed by atoms with Crippen LogP contribution in [0.15, 0.2) is 60.3 Å². The van der Waals surface area contributed by atoms with Crippen molar-refractivity contribution in [3.63, 3.8) is 0 Å². The molecule has 0 spiro atoms. The second-order valence-corrected chi connectivity index (χ2v) is 5.10. The highest BCUT2D eigenvalue weighted by atomic mass is 19.1. The molecule has 0 atom stereocenters. The number of rotatable bonds is 7. The van der Waals surface area contributed by atoms with Crippen LogP contribution in [0.4, 0.5) is 8.78 Å². The highest BCUT2D eigenvalue weighted by Gasteiger charge is 2.08. The zero-order chi connectivity index (χ0) is 17.6. The van der Waals surface area contributed by atoms with E-state index >= 15 is 0 Å². The average Bonchev–Trinajstić information content (AvgIpc) is 2.51. The number of nitrogens with zero attached hydrogens (tertiary/aromatic N) is 2. The molecule has 0 amide bonds. The van der Waals surface area contributed by atoms with Crippen LogP contribution in [0.5, 0.6) is 0 Å². The minimum Gasteiger partial charge on any atom is -0.488 e. The summed E-state index contributed by atoms with van der Waals surface area (Å²) in [6.07, 6.45) is 4.64. The predicted octanol–water partition coefficient (Wildman–Crippen LogP) is 4.71. The van der Waals surface area contributed by atoms with Crippen LogP contribution in [-0.4, -0.2) is 16.9 Å². The van der Waals surface area contributed by atoms with Gasteiger partial charge in [0.1, 0.15) is 23.9 Å². The molecule has 0 aliphatic rings. The van der Waals surface area contributed by atoms with Crippen molar-refractivity contribution >= 4 is 0 Å². The number of ether oxygens (including phenoxy) is 1. The molecular formula is C18H22F2N2O. The molecule has 3 nitrogen and oxygen atoms in total. The topological polar surface area (TPSA) is 25.4 Å². The molecule has 0 saturated carbocycles. The molecule has 5 heteroatoms. The summed E-state index contributed by atoms with van der Waals surface area (Å²) in [5.41, 5.74) is 2.82. The van der Waals surface area contributed by atoms with E-state index in [0.717, 1.165) is 29.2 Å². The normalized spacial score (nSPS) is 12.1. The number of likely N-dealkylation sites (N-methyl/N-ethyl adjacent to an activating group) is 1. The first-order chi connectivity index (χ1) is 10.8. The van der Waals surface area contributed by atoms with E-state index in [1.807, 2.05) is 38.8 Å². The SMILES string of the molecule is C=C(/C=C(/C)N(C)C(=C)/C(C)=C\C)OCc1ncc(F)cc1F. The van der Waals surface area contributed by atoms with Crippen LogP contribution in [-0.2, 0) is 11.3 Å². The molecule has 0 unspecified atom stereocenters. The first-order valence-electron chi connectivity index (χ1n) is 7.12. The van der Waals surface area contributed by atoms with E-state index < -0.39 is 11.6 Å². The van der Waals surface area contributed by atoms with E-state index in [9.17, 15) is 8.78 Å². The summed E-state index contributed by atoms with van der Waals surface area (Å²) in [5.74, 6) is -1.11. The number of aromatic nitrogens is 1. The third kappa shape index (κ3) is 5.36. The predicted molar refractivity (Wildman–Crippen MR) is 88.2 cm³/mol. The highest BCUT2D eigenvalue weighted by molar-refractivity contribution is 5.29. The van der Waals surface area contributed by atoms with Crippen LogP contribution in [0.1, 0.15) is 26.5 Å². The van der Waals surface area contributed by atoms with Gasteiger partial charge >= 0.3 is 0 Å². The Bertz CT molecular complexity index is 663. The van der Waals surface area contributed by atoms with Gasteiger partial charge in [-0.25, -0.2) is 8.78 Å². The van der Waals surface area contributed by atoms with E-state index in [0.29, 0.717) is 5.76 Å². The van der Waals surface area contributed by atoms with Crippen molar-refractivity contribution in [2.75, 3.05) is 7.05 Å². The summed E-state index contributed by atoms with van der Waals surface area (Å²) in [5, 5.41) is 0. The van der Waals surface area contributed by atoms with Gasteiger partial charge in [-0.2, -0.15) is 0 Å². The molecule has 0 aromatic carbocycles. The molecule has 0 radical (unpaired) electrons. The molecule has 0 N–H and O–H groups in total. The summed E-state index contributed by atoms with van der Waals surface area (Å²) in [7, 11) is 1.88. The Kier molecular flexibility index (Phi) is 6.69. The molecular weight excluding hydrogens is 298 g/mol. The second kappa shape index (κ2) is 8.27. The van der Waals surface area contributed by atoms with Gasteiger partial charge in [-0.05, 0) is 32.4 Å². The van der Waals surface area contributed by atoms with Gasteiger partial charge < -0.3 is 9.64 Å². The number of hydrogen-bond acceptors (Lipinski definition) is 3. The standard InChI is InChI=1S/C18H22F2N2O/c1-7-12(2)15(5)22(6)13(3)8-14(4)23-11-18-17(20)9-16(19)10-21-18/h7-10H,4-5,11H2,1-3,6H3/b12-7-,13-8-. The van der Waals surface area contributed by atoms with Crippen molar-refractivity contribution in [3.8, 4) is 0 Å². The van der Waals surface area contributed by atoms with Gasteiger partial charge in [-0.15, -0.1) is 0 Å². The zero-order valence-corrected chi connectivity index (χ0v) is 14.0. The van der Waals surface area contributed by atoms with Gasteiger partial charge in [-0.1, -0.05) is 19.2 Å². The van der Waals surface area contributed by atoms with Crippen LogP contribution >= 0.6 is 0 Å². The van der Waals surface area contributed by atoms with E-state index in [1.54, 1.807) is 6.08 Å². The molecule has 1 aromatic heterocycles. The van der Waals surface area contributed by atoms with E-state index in [-0.39, 0.29) is 12.3 Å². The van der Waals surface area contributed by atoms with Gasteiger partial charge in [-0.3, -0.25) is 4.98 Å². The van der Waals surface area contributed by atoms with Crippen molar-refractivity contribution in [3.05, 3.63) is 77.6 Å². The lowest BCUT2D eigenvalue weighted by molar-refractivity contribution is 0.203. The maximum atomic E-state index is 13.5. The smallest absolute Gasteiger partial charge is 0.151 e.